The van der Waals surface area contributed by atoms with Crippen molar-refractivity contribution in [1.82, 2.24) is 0 Å². The van der Waals surface area contributed by atoms with Crippen LogP contribution in [0.1, 0.15) is 98.3 Å². The maximum absolute atomic E-state index is 2.39. The number of hydrogen-bond donors (Lipinski definition) is 0. The summed E-state index contributed by atoms with van der Waals surface area (Å²) in [5.41, 5.74) is 0. The predicted molar refractivity (Wildman–Crippen MR) is 80.5 cm³/mol. The third kappa shape index (κ3) is 10.9. The molecule has 1 rings (SSSR count). The summed E-state index contributed by atoms with van der Waals surface area (Å²) in [7, 11) is 0. The molecule has 0 N–H and O–H groups in total. The summed E-state index contributed by atoms with van der Waals surface area (Å²) < 4.78 is 0. The monoisotopic (exact) mass is 240 g/mol. The molecular weight excluding hydrogens is 204 g/mol. The molecule has 104 valence electrons. The highest BCUT2D eigenvalue weighted by Gasteiger charge is 2.16. The van der Waals surface area contributed by atoms with Crippen molar-refractivity contribution in [1.29, 1.82) is 0 Å². The number of rotatable bonds is 6. The Kier molecular flexibility index (Phi) is 12.5. The van der Waals surface area contributed by atoms with Crippen molar-refractivity contribution < 1.29 is 0 Å². The Bertz CT molecular complexity index is 127. The maximum atomic E-state index is 2.39. The molecule has 0 spiro atoms. The van der Waals surface area contributed by atoms with E-state index in [1.807, 2.05) is 0 Å². The summed E-state index contributed by atoms with van der Waals surface area (Å²) in [6.07, 6.45) is 15.9. The molecule has 0 radical (unpaired) electrons. The van der Waals surface area contributed by atoms with Crippen molar-refractivity contribution >= 4 is 0 Å². The Morgan fingerprint density at radius 2 is 1.24 bits per heavy atom. The first-order chi connectivity index (χ1) is 8.24. The van der Waals surface area contributed by atoms with Gasteiger partial charge in [0, 0.05) is 0 Å². The van der Waals surface area contributed by atoms with Gasteiger partial charge in [0.2, 0.25) is 0 Å². The summed E-state index contributed by atoms with van der Waals surface area (Å²) in [5, 5.41) is 0. The predicted octanol–water partition coefficient (Wildman–Crippen LogP) is 6.59. The molecule has 1 saturated carbocycles. The lowest BCUT2D eigenvalue weighted by atomic mass is 9.81. The highest BCUT2D eigenvalue weighted by molar-refractivity contribution is 4.69. The topological polar surface area (TPSA) is 0 Å². The molecule has 0 atom stereocenters. The molecule has 0 unspecified atom stereocenters. The lowest BCUT2D eigenvalue weighted by Gasteiger charge is -2.25. The van der Waals surface area contributed by atoms with Crippen LogP contribution in [0.3, 0.4) is 0 Å². The van der Waals surface area contributed by atoms with Crippen molar-refractivity contribution in [3.63, 3.8) is 0 Å². The summed E-state index contributed by atoms with van der Waals surface area (Å²) in [5.74, 6) is 2.11. The van der Waals surface area contributed by atoms with Crippen LogP contribution in [-0.4, -0.2) is 0 Å². The van der Waals surface area contributed by atoms with Gasteiger partial charge in [-0.2, -0.15) is 0 Å². The van der Waals surface area contributed by atoms with Crippen LogP contribution >= 0.6 is 0 Å². The quantitative estimate of drug-likeness (QED) is 0.459. The number of unbranched alkanes of at least 4 members (excludes halogenated alkanes) is 4. The molecule has 0 heterocycles. The fraction of sp³-hybridized carbons (Fsp3) is 1.00. The Balaban J connectivity index is 0.000000325. The third-order valence-electron chi connectivity index (χ3n) is 4.04. The Morgan fingerprint density at radius 3 is 1.65 bits per heavy atom. The molecule has 0 saturated heterocycles. The van der Waals surface area contributed by atoms with Crippen LogP contribution in [0.25, 0.3) is 0 Å². The van der Waals surface area contributed by atoms with Gasteiger partial charge >= 0.3 is 0 Å². The standard InChI is InChI=1S/C10H20.C7H16/c1-3-4-10-7-5-9(2)6-8-10;1-3-5-7-6-4-2/h9-10H,3-8H2,1-2H3;3-7H2,1-2H3. The van der Waals surface area contributed by atoms with Gasteiger partial charge in [-0.05, 0) is 11.8 Å². The lowest BCUT2D eigenvalue weighted by molar-refractivity contribution is 0.276. The Morgan fingerprint density at radius 1 is 0.706 bits per heavy atom. The minimum absolute atomic E-state index is 1.02. The molecule has 0 aromatic heterocycles. The fourth-order valence-electron chi connectivity index (χ4n) is 2.70. The van der Waals surface area contributed by atoms with E-state index in [4.69, 9.17) is 0 Å². The minimum atomic E-state index is 1.02. The first-order valence-electron chi connectivity index (χ1n) is 8.24. The van der Waals surface area contributed by atoms with Gasteiger partial charge in [-0.3, -0.25) is 0 Å². The van der Waals surface area contributed by atoms with Crippen LogP contribution in [0, 0.1) is 11.8 Å². The average Bonchev–Trinajstić information content (AvgIpc) is 2.34. The van der Waals surface area contributed by atoms with E-state index in [0.717, 1.165) is 11.8 Å². The van der Waals surface area contributed by atoms with E-state index in [0.29, 0.717) is 0 Å². The molecule has 0 amide bonds. The van der Waals surface area contributed by atoms with E-state index in [9.17, 15) is 0 Å². The maximum Gasteiger partial charge on any atom is -0.0414 e. The first kappa shape index (κ1) is 17.0. The lowest BCUT2D eigenvalue weighted by Crippen LogP contribution is -2.11. The molecule has 0 aromatic carbocycles. The summed E-state index contributed by atoms with van der Waals surface area (Å²) in [6, 6.07) is 0. The smallest absolute Gasteiger partial charge is 0.0414 e. The number of hydrogen-bond acceptors (Lipinski definition) is 0. The van der Waals surface area contributed by atoms with Gasteiger partial charge < -0.3 is 0 Å². The summed E-state index contributed by atoms with van der Waals surface area (Å²) >= 11 is 0. The summed E-state index contributed by atoms with van der Waals surface area (Å²) in [6.45, 7) is 9.19. The molecule has 0 aliphatic heterocycles. The van der Waals surface area contributed by atoms with E-state index >= 15 is 0 Å². The van der Waals surface area contributed by atoms with Crippen LogP contribution < -0.4 is 0 Å². The highest BCUT2D eigenvalue weighted by Crippen LogP contribution is 2.30. The van der Waals surface area contributed by atoms with E-state index in [2.05, 4.69) is 27.7 Å². The molecular formula is C17H36. The second-order valence-electron chi connectivity index (χ2n) is 5.98. The van der Waals surface area contributed by atoms with Crippen molar-refractivity contribution in [2.45, 2.75) is 98.3 Å². The minimum Gasteiger partial charge on any atom is -0.0654 e. The normalized spacial score (nSPS) is 24.0. The van der Waals surface area contributed by atoms with Gasteiger partial charge in [-0.1, -0.05) is 98.3 Å². The van der Waals surface area contributed by atoms with Gasteiger partial charge in [-0.15, -0.1) is 0 Å². The molecule has 1 fully saturated rings. The van der Waals surface area contributed by atoms with Gasteiger partial charge in [0.05, 0.1) is 0 Å². The van der Waals surface area contributed by atoms with Gasteiger partial charge in [0.25, 0.3) is 0 Å². The first-order valence-corrected chi connectivity index (χ1v) is 8.24. The zero-order valence-corrected chi connectivity index (χ0v) is 12.9. The SMILES string of the molecule is CCCC1CCC(C)CC1.CCCCCCC. The van der Waals surface area contributed by atoms with Crippen LogP contribution in [0.4, 0.5) is 0 Å². The molecule has 0 aromatic rings. The zero-order valence-electron chi connectivity index (χ0n) is 12.9. The van der Waals surface area contributed by atoms with Crippen LogP contribution in [0.5, 0.6) is 0 Å². The van der Waals surface area contributed by atoms with E-state index in [-0.39, 0.29) is 0 Å². The third-order valence-corrected chi connectivity index (χ3v) is 4.04. The molecule has 1 aliphatic rings. The molecule has 1 aliphatic carbocycles. The van der Waals surface area contributed by atoms with Crippen molar-refractivity contribution in [2.75, 3.05) is 0 Å². The van der Waals surface area contributed by atoms with Crippen LogP contribution in [0.2, 0.25) is 0 Å². The largest absolute Gasteiger partial charge is 0.0654 e. The van der Waals surface area contributed by atoms with Crippen molar-refractivity contribution in [3.8, 4) is 0 Å². The second-order valence-corrected chi connectivity index (χ2v) is 5.98. The zero-order chi connectivity index (χ0) is 12.9. The van der Waals surface area contributed by atoms with Gasteiger partial charge in [-0.25, -0.2) is 0 Å². The Labute approximate surface area is 111 Å². The Hall–Kier alpha value is 0. The molecule has 0 nitrogen and oxygen atoms in total. The second kappa shape index (κ2) is 12.5. The van der Waals surface area contributed by atoms with Gasteiger partial charge in [0.15, 0.2) is 0 Å². The van der Waals surface area contributed by atoms with Gasteiger partial charge in [0.1, 0.15) is 0 Å². The van der Waals surface area contributed by atoms with Crippen LogP contribution in [-0.2, 0) is 0 Å². The van der Waals surface area contributed by atoms with E-state index in [1.54, 1.807) is 0 Å². The average molecular weight is 240 g/mol. The molecule has 0 heteroatoms. The molecule has 17 heavy (non-hydrogen) atoms. The van der Waals surface area contributed by atoms with Crippen molar-refractivity contribution in [3.05, 3.63) is 0 Å². The van der Waals surface area contributed by atoms with Crippen molar-refractivity contribution in [2.24, 2.45) is 11.8 Å². The fourth-order valence-corrected chi connectivity index (χ4v) is 2.70. The van der Waals surface area contributed by atoms with Crippen LogP contribution in [0.15, 0.2) is 0 Å². The molecule has 0 bridgehead atoms. The summed E-state index contributed by atoms with van der Waals surface area (Å²) in [4.78, 5) is 0. The van der Waals surface area contributed by atoms with E-state index < -0.39 is 0 Å². The highest BCUT2D eigenvalue weighted by atomic mass is 14.2. The van der Waals surface area contributed by atoms with E-state index in [1.165, 1.54) is 70.6 Å².